The molecule has 1 aromatic heterocycles. The minimum Gasteiger partial charge on any atom is -0.273 e. The first-order valence-electron chi connectivity index (χ1n) is 10.5. The first kappa shape index (κ1) is 21.3. The van der Waals surface area contributed by atoms with Gasteiger partial charge in [-0.15, -0.1) is 0 Å². The summed E-state index contributed by atoms with van der Waals surface area (Å²) < 4.78 is 1.66. The molecule has 0 aliphatic heterocycles. The Morgan fingerprint density at radius 1 is 1.16 bits per heavy atom. The number of hydrogen-bond acceptors (Lipinski definition) is 3. The highest BCUT2D eigenvalue weighted by Gasteiger charge is 2.44. The molecule has 3 aromatic rings. The molecule has 6 heteroatoms. The van der Waals surface area contributed by atoms with E-state index >= 15 is 0 Å². The number of carbonyl (C=O) groups is 1. The van der Waals surface area contributed by atoms with Gasteiger partial charge >= 0.3 is 0 Å². The molecule has 0 spiro atoms. The summed E-state index contributed by atoms with van der Waals surface area (Å²) in [5, 5.41) is 9.09. The number of nitrogens with zero attached hydrogens (tertiary/aromatic N) is 3. The zero-order chi connectivity index (χ0) is 22.2. The number of nitrogens with one attached hydrogen (secondary N) is 1. The van der Waals surface area contributed by atoms with E-state index in [1.807, 2.05) is 37.3 Å². The van der Waals surface area contributed by atoms with Gasteiger partial charge in [-0.2, -0.15) is 10.2 Å². The molecule has 0 bridgehead atoms. The average molecular weight is 435 g/mol. The van der Waals surface area contributed by atoms with Gasteiger partial charge in [0.15, 0.2) is 0 Å². The number of aromatic nitrogens is 2. The van der Waals surface area contributed by atoms with E-state index in [1.165, 1.54) is 11.1 Å². The predicted molar refractivity (Wildman–Crippen MR) is 125 cm³/mol. The smallest absolute Gasteiger partial charge is 0.243 e. The van der Waals surface area contributed by atoms with E-state index in [4.69, 9.17) is 11.6 Å². The second kappa shape index (κ2) is 8.31. The van der Waals surface area contributed by atoms with E-state index in [9.17, 15) is 4.79 Å². The summed E-state index contributed by atoms with van der Waals surface area (Å²) >= 11 is 6.50. The van der Waals surface area contributed by atoms with Crippen molar-refractivity contribution in [1.82, 2.24) is 15.2 Å². The molecule has 1 amide bonds. The molecule has 5 nitrogen and oxygen atoms in total. The van der Waals surface area contributed by atoms with Crippen molar-refractivity contribution in [3.63, 3.8) is 0 Å². The van der Waals surface area contributed by atoms with E-state index in [0.29, 0.717) is 10.7 Å². The van der Waals surface area contributed by atoms with Gasteiger partial charge in [0.05, 0.1) is 23.2 Å². The molecule has 2 aromatic carbocycles. The van der Waals surface area contributed by atoms with Crippen LogP contribution < -0.4 is 5.43 Å². The number of amides is 1. The predicted octanol–water partition coefficient (Wildman–Crippen LogP) is 5.39. The molecular weight excluding hydrogens is 408 g/mol. The van der Waals surface area contributed by atoms with Crippen LogP contribution in [-0.4, -0.2) is 21.9 Å². The third-order valence-electron chi connectivity index (χ3n) is 5.75. The molecule has 0 radical (unpaired) electrons. The van der Waals surface area contributed by atoms with Gasteiger partial charge in [0.1, 0.15) is 5.15 Å². The summed E-state index contributed by atoms with van der Waals surface area (Å²) in [4.78, 5) is 12.5. The van der Waals surface area contributed by atoms with Crippen molar-refractivity contribution in [2.45, 2.75) is 45.4 Å². The Morgan fingerprint density at radius 3 is 2.48 bits per heavy atom. The summed E-state index contributed by atoms with van der Waals surface area (Å²) in [5.41, 5.74) is 7.61. The van der Waals surface area contributed by atoms with Gasteiger partial charge in [0.2, 0.25) is 5.91 Å². The minimum absolute atomic E-state index is 0.0405. The Bertz CT molecular complexity index is 1110. The topological polar surface area (TPSA) is 59.3 Å². The van der Waals surface area contributed by atoms with Crippen molar-refractivity contribution < 1.29 is 4.79 Å². The molecule has 0 saturated heterocycles. The Hall–Kier alpha value is -2.92. The van der Waals surface area contributed by atoms with Crippen molar-refractivity contribution in [3.8, 4) is 5.69 Å². The molecule has 31 heavy (non-hydrogen) atoms. The largest absolute Gasteiger partial charge is 0.273 e. The van der Waals surface area contributed by atoms with Gasteiger partial charge in [-0.1, -0.05) is 74.8 Å². The number of benzene rings is 2. The molecule has 2 unspecified atom stereocenters. The highest BCUT2D eigenvalue weighted by molar-refractivity contribution is 6.32. The number of halogens is 1. The third-order valence-corrected chi connectivity index (χ3v) is 6.11. The zero-order valence-corrected chi connectivity index (χ0v) is 19.0. The van der Waals surface area contributed by atoms with E-state index in [0.717, 1.165) is 17.8 Å². The fourth-order valence-electron chi connectivity index (χ4n) is 3.72. The molecule has 4 rings (SSSR count). The normalized spacial score (nSPS) is 18.4. The van der Waals surface area contributed by atoms with Crippen LogP contribution >= 0.6 is 11.6 Å². The fourth-order valence-corrected chi connectivity index (χ4v) is 4.05. The number of hydrazone groups is 1. The van der Waals surface area contributed by atoms with Crippen LogP contribution in [0.25, 0.3) is 5.69 Å². The van der Waals surface area contributed by atoms with Crippen molar-refractivity contribution >= 4 is 23.7 Å². The lowest BCUT2D eigenvalue weighted by molar-refractivity contribution is -0.122. The van der Waals surface area contributed by atoms with Gasteiger partial charge in [-0.25, -0.2) is 10.1 Å². The number of carbonyl (C=O) groups excluding carboxylic acids is 1. The van der Waals surface area contributed by atoms with E-state index < -0.39 is 0 Å². The van der Waals surface area contributed by atoms with Crippen LogP contribution in [0.3, 0.4) is 0 Å². The Morgan fingerprint density at radius 2 is 1.84 bits per heavy atom. The van der Waals surface area contributed by atoms with Gasteiger partial charge in [-0.3, -0.25) is 4.79 Å². The number of hydrogen-bond donors (Lipinski definition) is 1. The summed E-state index contributed by atoms with van der Waals surface area (Å²) in [7, 11) is 0. The molecule has 1 N–H and O–H groups in total. The SMILES string of the molecule is Cc1nn(-c2ccccc2)c(Cl)c1C=NNC(=O)C1CC1c1ccc(C(C)(C)C)cc1. The number of aryl methyl sites for hydroxylation is 1. The third kappa shape index (κ3) is 4.57. The first-order valence-corrected chi connectivity index (χ1v) is 10.9. The van der Waals surface area contributed by atoms with Crippen LogP contribution in [0.2, 0.25) is 5.15 Å². The highest BCUT2D eigenvalue weighted by atomic mass is 35.5. The van der Waals surface area contributed by atoms with Crippen molar-refractivity contribution in [2.75, 3.05) is 0 Å². The molecule has 1 aliphatic carbocycles. The molecular formula is C25H27ClN4O. The summed E-state index contributed by atoms with van der Waals surface area (Å²) in [6, 6.07) is 18.3. The van der Waals surface area contributed by atoms with Gasteiger partial charge in [-0.05, 0) is 47.9 Å². The Labute approximate surface area is 188 Å². The van der Waals surface area contributed by atoms with Crippen LogP contribution in [0.15, 0.2) is 59.7 Å². The highest BCUT2D eigenvalue weighted by Crippen LogP contribution is 2.47. The second-order valence-electron chi connectivity index (χ2n) is 9.09. The maximum Gasteiger partial charge on any atom is 0.243 e. The van der Waals surface area contributed by atoms with E-state index in [1.54, 1.807) is 10.9 Å². The molecule has 1 aliphatic rings. The van der Waals surface area contributed by atoms with E-state index in [-0.39, 0.29) is 23.2 Å². The van der Waals surface area contributed by atoms with Crippen molar-refractivity contribution in [2.24, 2.45) is 11.0 Å². The maximum atomic E-state index is 12.5. The molecule has 1 saturated carbocycles. The van der Waals surface area contributed by atoms with Gasteiger partial charge < -0.3 is 0 Å². The lowest BCUT2D eigenvalue weighted by atomic mass is 9.86. The van der Waals surface area contributed by atoms with Crippen LogP contribution in [0.1, 0.15) is 55.5 Å². The number of para-hydroxylation sites is 1. The summed E-state index contributed by atoms with van der Waals surface area (Å²) in [6.07, 6.45) is 2.42. The number of rotatable bonds is 5. The van der Waals surface area contributed by atoms with Gasteiger partial charge in [0, 0.05) is 5.92 Å². The van der Waals surface area contributed by atoms with Crippen LogP contribution in [-0.2, 0) is 10.2 Å². The molecule has 2 atom stereocenters. The quantitative estimate of drug-likeness (QED) is 0.432. The Kier molecular flexibility index (Phi) is 5.71. The zero-order valence-electron chi connectivity index (χ0n) is 18.3. The lowest BCUT2D eigenvalue weighted by Gasteiger charge is -2.19. The van der Waals surface area contributed by atoms with Crippen molar-refractivity contribution in [1.29, 1.82) is 0 Å². The minimum atomic E-state index is -0.0645. The molecule has 160 valence electrons. The standard InChI is InChI=1S/C25H27ClN4O/c1-16-22(23(26)30(29-16)19-8-6-5-7-9-19)15-27-28-24(31)21-14-20(21)17-10-12-18(13-11-17)25(2,3)4/h5-13,15,20-21H,14H2,1-4H3,(H,28,31). The fraction of sp³-hybridized carbons (Fsp3) is 0.320. The average Bonchev–Trinajstić information content (AvgIpc) is 3.50. The maximum absolute atomic E-state index is 12.5. The van der Waals surface area contributed by atoms with E-state index in [2.05, 4.69) is 60.7 Å². The molecule has 1 fully saturated rings. The van der Waals surface area contributed by atoms with Crippen LogP contribution in [0.4, 0.5) is 0 Å². The second-order valence-corrected chi connectivity index (χ2v) is 9.45. The summed E-state index contributed by atoms with van der Waals surface area (Å²) in [5.74, 6) is 0.155. The van der Waals surface area contributed by atoms with Crippen LogP contribution in [0.5, 0.6) is 0 Å². The van der Waals surface area contributed by atoms with Crippen LogP contribution in [0, 0.1) is 12.8 Å². The monoisotopic (exact) mass is 434 g/mol. The van der Waals surface area contributed by atoms with Crippen molar-refractivity contribution in [3.05, 3.63) is 82.1 Å². The van der Waals surface area contributed by atoms with Gasteiger partial charge in [0.25, 0.3) is 0 Å². The Balaban J connectivity index is 1.38. The first-order chi connectivity index (χ1) is 14.8. The molecule has 1 heterocycles. The summed E-state index contributed by atoms with van der Waals surface area (Å²) in [6.45, 7) is 8.47. The lowest BCUT2D eigenvalue weighted by Crippen LogP contribution is -2.20.